The normalized spacial score (nSPS) is 12.5. The number of rotatable bonds is 6. The number of hydrogen-bond donors (Lipinski definition) is 1. The van der Waals surface area contributed by atoms with Crippen molar-refractivity contribution in [2.75, 3.05) is 30.5 Å². The third-order valence-electron chi connectivity index (χ3n) is 2.30. The van der Waals surface area contributed by atoms with Gasteiger partial charge in [-0.15, -0.1) is 11.3 Å². The Balaban J connectivity index is 2.99. The van der Waals surface area contributed by atoms with Crippen LogP contribution in [-0.2, 0) is 0 Å². The van der Waals surface area contributed by atoms with Crippen molar-refractivity contribution in [3.8, 4) is 0 Å². The molecule has 0 radical (unpaired) electrons. The molecule has 0 saturated heterocycles. The number of aliphatic hydroxyl groups excluding tert-OH is 1. The van der Waals surface area contributed by atoms with Gasteiger partial charge in [0.2, 0.25) is 0 Å². The average Bonchev–Trinajstić information content (AvgIpc) is 2.70. The summed E-state index contributed by atoms with van der Waals surface area (Å²) < 4.78 is 0. The second-order valence-electron chi connectivity index (χ2n) is 3.69. The maximum Gasteiger partial charge on any atom is 0.304 e. The molecule has 1 N–H and O–H groups in total. The molecule has 1 aromatic heterocycles. The highest BCUT2D eigenvalue weighted by molar-refractivity contribution is 7.98. The van der Waals surface area contributed by atoms with Gasteiger partial charge in [0.25, 0.3) is 0 Å². The van der Waals surface area contributed by atoms with E-state index in [4.69, 9.17) is 0 Å². The van der Waals surface area contributed by atoms with E-state index >= 15 is 0 Å². The van der Waals surface area contributed by atoms with Gasteiger partial charge in [-0.05, 0) is 13.2 Å². The molecule has 0 amide bonds. The molecule has 1 rings (SSSR count). The van der Waals surface area contributed by atoms with Crippen molar-refractivity contribution in [2.24, 2.45) is 0 Å². The van der Waals surface area contributed by atoms with E-state index in [1.807, 2.05) is 18.2 Å². The van der Waals surface area contributed by atoms with Crippen molar-refractivity contribution in [3.63, 3.8) is 0 Å². The standard InChI is InChI=1S/C10H16N2O3S2/c1-7(13)9-6-8(12(14)15)10(17-9)11(2)4-5-16-3/h6-7,13H,4-5H2,1-3H3. The number of aliphatic hydroxyl groups is 1. The number of anilines is 1. The van der Waals surface area contributed by atoms with E-state index in [1.165, 1.54) is 17.4 Å². The third kappa shape index (κ3) is 3.58. The summed E-state index contributed by atoms with van der Waals surface area (Å²) in [4.78, 5) is 13.0. The Bertz CT molecular complexity index is 393. The third-order valence-corrected chi connectivity index (χ3v) is 4.30. The molecule has 1 atom stereocenters. The monoisotopic (exact) mass is 276 g/mol. The fourth-order valence-corrected chi connectivity index (χ4v) is 2.84. The van der Waals surface area contributed by atoms with Crippen molar-refractivity contribution < 1.29 is 10.0 Å². The van der Waals surface area contributed by atoms with Crippen LogP contribution in [0.25, 0.3) is 0 Å². The van der Waals surface area contributed by atoms with E-state index in [2.05, 4.69) is 0 Å². The van der Waals surface area contributed by atoms with E-state index in [-0.39, 0.29) is 5.69 Å². The fraction of sp³-hybridized carbons (Fsp3) is 0.600. The van der Waals surface area contributed by atoms with Crippen molar-refractivity contribution in [3.05, 3.63) is 21.1 Å². The molecule has 1 aromatic rings. The van der Waals surface area contributed by atoms with Gasteiger partial charge in [0, 0.05) is 30.3 Å². The number of hydrogen-bond acceptors (Lipinski definition) is 6. The molecule has 17 heavy (non-hydrogen) atoms. The minimum atomic E-state index is -0.665. The van der Waals surface area contributed by atoms with Crippen LogP contribution in [0.15, 0.2) is 6.07 Å². The quantitative estimate of drug-likeness (QED) is 0.639. The zero-order valence-corrected chi connectivity index (χ0v) is 11.7. The van der Waals surface area contributed by atoms with Crippen molar-refractivity contribution >= 4 is 33.8 Å². The van der Waals surface area contributed by atoms with Gasteiger partial charge in [0.05, 0.1) is 11.0 Å². The predicted molar refractivity (Wildman–Crippen MR) is 73.3 cm³/mol. The molecule has 0 aliphatic heterocycles. The zero-order chi connectivity index (χ0) is 13.0. The SMILES string of the molecule is CSCCN(C)c1sc(C(C)O)cc1[N+](=O)[O-]. The zero-order valence-electron chi connectivity index (χ0n) is 10.0. The summed E-state index contributed by atoms with van der Waals surface area (Å²) in [7, 11) is 1.83. The Labute approximate surface area is 109 Å². The first-order valence-electron chi connectivity index (χ1n) is 5.13. The molecule has 0 bridgehead atoms. The number of nitrogens with zero attached hydrogens (tertiary/aromatic N) is 2. The van der Waals surface area contributed by atoms with Crippen molar-refractivity contribution in [2.45, 2.75) is 13.0 Å². The van der Waals surface area contributed by atoms with Crippen molar-refractivity contribution in [1.82, 2.24) is 0 Å². The molecule has 0 saturated carbocycles. The fourth-order valence-electron chi connectivity index (χ4n) is 1.33. The molecule has 0 spiro atoms. The second kappa shape index (κ2) is 6.23. The summed E-state index contributed by atoms with van der Waals surface area (Å²) in [5.41, 5.74) is 0.0782. The largest absolute Gasteiger partial charge is 0.388 e. The Hall–Kier alpha value is -0.790. The Morgan fingerprint density at radius 2 is 2.35 bits per heavy atom. The summed E-state index contributed by atoms with van der Waals surface area (Å²) in [6, 6.07) is 1.46. The summed E-state index contributed by atoms with van der Waals surface area (Å²) in [5.74, 6) is 0.912. The number of thioether (sulfide) groups is 1. The Morgan fingerprint density at radius 1 is 1.71 bits per heavy atom. The van der Waals surface area contributed by atoms with E-state index in [1.54, 1.807) is 18.7 Å². The van der Waals surface area contributed by atoms with Crippen molar-refractivity contribution in [1.29, 1.82) is 0 Å². The molecule has 96 valence electrons. The highest BCUT2D eigenvalue weighted by Gasteiger charge is 2.23. The first-order chi connectivity index (χ1) is 7.97. The van der Waals surface area contributed by atoms with E-state index < -0.39 is 11.0 Å². The van der Waals surface area contributed by atoms with Gasteiger partial charge >= 0.3 is 5.69 Å². The molecule has 0 aliphatic rings. The Morgan fingerprint density at radius 3 is 2.82 bits per heavy atom. The van der Waals surface area contributed by atoms with Gasteiger partial charge in [-0.25, -0.2) is 0 Å². The highest BCUT2D eigenvalue weighted by atomic mass is 32.2. The van der Waals surface area contributed by atoms with Crippen LogP contribution >= 0.6 is 23.1 Å². The lowest BCUT2D eigenvalue weighted by Gasteiger charge is -2.15. The first kappa shape index (κ1) is 14.3. The predicted octanol–water partition coefficient (Wildman–Crippen LogP) is 2.51. The van der Waals surface area contributed by atoms with E-state index in [0.717, 1.165) is 12.3 Å². The van der Waals surface area contributed by atoms with E-state index in [9.17, 15) is 15.2 Å². The lowest BCUT2D eigenvalue weighted by atomic mass is 10.3. The van der Waals surface area contributed by atoms with Crippen LogP contribution in [0.3, 0.4) is 0 Å². The summed E-state index contributed by atoms with van der Waals surface area (Å²) in [6.45, 7) is 2.36. The van der Waals surface area contributed by atoms with Crippen LogP contribution in [0.5, 0.6) is 0 Å². The lowest BCUT2D eigenvalue weighted by Crippen LogP contribution is -2.19. The molecule has 5 nitrogen and oxygen atoms in total. The van der Waals surface area contributed by atoms with Crippen LogP contribution in [-0.4, -0.2) is 35.6 Å². The van der Waals surface area contributed by atoms with Gasteiger partial charge in [0.15, 0.2) is 5.00 Å². The van der Waals surface area contributed by atoms with Gasteiger partial charge in [0.1, 0.15) is 0 Å². The van der Waals surface area contributed by atoms with Gasteiger partial charge in [-0.2, -0.15) is 11.8 Å². The highest BCUT2D eigenvalue weighted by Crippen LogP contribution is 2.39. The maximum atomic E-state index is 10.9. The summed E-state index contributed by atoms with van der Waals surface area (Å²) >= 11 is 2.98. The Kier molecular flexibility index (Phi) is 5.23. The molecular weight excluding hydrogens is 260 g/mol. The van der Waals surface area contributed by atoms with Gasteiger partial charge < -0.3 is 10.0 Å². The van der Waals surface area contributed by atoms with Gasteiger partial charge in [-0.1, -0.05) is 0 Å². The van der Waals surface area contributed by atoms with Crippen LogP contribution < -0.4 is 4.90 Å². The molecule has 7 heteroatoms. The molecule has 0 aliphatic carbocycles. The summed E-state index contributed by atoms with van der Waals surface area (Å²) in [6.07, 6.45) is 1.33. The van der Waals surface area contributed by atoms with Crippen LogP contribution in [0, 0.1) is 10.1 Å². The minimum absolute atomic E-state index is 0.0782. The maximum absolute atomic E-state index is 10.9. The average molecular weight is 276 g/mol. The lowest BCUT2D eigenvalue weighted by molar-refractivity contribution is -0.383. The molecule has 0 fully saturated rings. The minimum Gasteiger partial charge on any atom is -0.388 e. The van der Waals surface area contributed by atoms with E-state index in [0.29, 0.717) is 9.88 Å². The molecule has 0 aromatic carbocycles. The number of nitro groups is 1. The van der Waals surface area contributed by atoms with Crippen LogP contribution in [0.1, 0.15) is 17.9 Å². The smallest absolute Gasteiger partial charge is 0.304 e. The molecule has 1 unspecified atom stereocenters. The topological polar surface area (TPSA) is 66.6 Å². The summed E-state index contributed by atoms with van der Waals surface area (Å²) in [5, 5.41) is 21.0. The van der Waals surface area contributed by atoms with Crippen LogP contribution in [0.4, 0.5) is 10.7 Å². The van der Waals surface area contributed by atoms with Gasteiger partial charge in [-0.3, -0.25) is 10.1 Å². The molecule has 1 heterocycles. The molecular formula is C10H16N2O3S2. The first-order valence-corrected chi connectivity index (χ1v) is 7.34. The second-order valence-corrected chi connectivity index (χ2v) is 5.73. The number of thiophene rings is 1. The van der Waals surface area contributed by atoms with Crippen LogP contribution in [0.2, 0.25) is 0 Å².